The van der Waals surface area contributed by atoms with Crippen LogP contribution < -0.4 is 4.90 Å². The van der Waals surface area contributed by atoms with E-state index in [0.29, 0.717) is 5.76 Å². The smallest absolute Gasteiger partial charge is 0.230 e. The summed E-state index contributed by atoms with van der Waals surface area (Å²) in [6, 6.07) is 3.87. The molecular formula is C17H22N4O2. The van der Waals surface area contributed by atoms with Crippen LogP contribution in [0.15, 0.2) is 29.0 Å². The molecule has 1 fully saturated rings. The van der Waals surface area contributed by atoms with Gasteiger partial charge in [0.2, 0.25) is 5.91 Å². The molecule has 0 aromatic carbocycles. The molecule has 0 radical (unpaired) electrons. The molecule has 0 aliphatic carbocycles. The van der Waals surface area contributed by atoms with E-state index < -0.39 is 0 Å². The first kappa shape index (κ1) is 15.5. The summed E-state index contributed by atoms with van der Waals surface area (Å²) in [7, 11) is 0. The number of anilines is 1. The Balaban J connectivity index is 1.62. The average Bonchev–Trinajstić information content (AvgIpc) is 2.80. The number of aromatic nitrogens is 2. The Morgan fingerprint density at radius 3 is 2.87 bits per heavy atom. The number of aryl methyl sites for hydroxylation is 2. The van der Waals surface area contributed by atoms with E-state index in [-0.39, 0.29) is 12.3 Å². The highest BCUT2D eigenvalue weighted by molar-refractivity contribution is 5.78. The Kier molecular flexibility index (Phi) is 4.60. The maximum Gasteiger partial charge on any atom is 0.230 e. The zero-order chi connectivity index (χ0) is 16.2. The monoisotopic (exact) mass is 314 g/mol. The van der Waals surface area contributed by atoms with Crippen LogP contribution >= 0.6 is 0 Å². The summed E-state index contributed by atoms with van der Waals surface area (Å²) in [5.74, 6) is 0.744. The van der Waals surface area contributed by atoms with E-state index >= 15 is 0 Å². The third-order valence-corrected chi connectivity index (χ3v) is 4.18. The number of carbonyl (C=O) groups is 1. The first-order chi connectivity index (χ1) is 11.1. The second kappa shape index (κ2) is 6.81. The third-order valence-electron chi connectivity index (χ3n) is 4.18. The van der Waals surface area contributed by atoms with Crippen LogP contribution in [0.25, 0.3) is 0 Å². The van der Waals surface area contributed by atoms with Crippen molar-refractivity contribution in [3.8, 4) is 0 Å². The number of hydrogen-bond acceptors (Lipinski definition) is 5. The standard InChI is InChI=1S/C17H22N4O2/c1-13-12-18-5-4-16(13)20-6-3-7-21(9-8-20)17(22)11-15-10-14(2)19-23-15/h4-5,10,12H,3,6-9,11H2,1-2H3. The number of hydrogen-bond donors (Lipinski definition) is 0. The van der Waals surface area contributed by atoms with E-state index in [1.807, 2.05) is 36.4 Å². The van der Waals surface area contributed by atoms with Crippen molar-refractivity contribution in [2.24, 2.45) is 0 Å². The van der Waals surface area contributed by atoms with Crippen LogP contribution in [0.1, 0.15) is 23.4 Å². The molecule has 1 aliphatic heterocycles. The largest absolute Gasteiger partial charge is 0.369 e. The fourth-order valence-electron chi connectivity index (χ4n) is 2.99. The fraction of sp³-hybridized carbons (Fsp3) is 0.471. The Morgan fingerprint density at radius 1 is 1.26 bits per heavy atom. The molecule has 3 rings (SSSR count). The minimum atomic E-state index is 0.106. The minimum Gasteiger partial charge on any atom is -0.369 e. The molecule has 0 N–H and O–H groups in total. The maximum atomic E-state index is 12.4. The van der Waals surface area contributed by atoms with Gasteiger partial charge in [0.05, 0.1) is 12.1 Å². The van der Waals surface area contributed by atoms with E-state index in [4.69, 9.17) is 4.52 Å². The van der Waals surface area contributed by atoms with Crippen LogP contribution in [0.4, 0.5) is 5.69 Å². The van der Waals surface area contributed by atoms with Crippen molar-refractivity contribution in [2.45, 2.75) is 26.7 Å². The van der Waals surface area contributed by atoms with Gasteiger partial charge < -0.3 is 14.3 Å². The van der Waals surface area contributed by atoms with Gasteiger partial charge in [0.1, 0.15) is 5.76 Å². The zero-order valence-electron chi connectivity index (χ0n) is 13.7. The van der Waals surface area contributed by atoms with Gasteiger partial charge in [-0.05, 0) is 31.9 Å². The molecule has 2 aromatic heterocycles. The van der Waals surface area contributed by atoms with E-state index in [1.165, 1.54) is 11.3 Å². The van der Waals surface area contributed by atoms with Crippen molar-refractivity contribution < 1.29 is 9.32 Å². The van der Waals surface area contributed by atoms with Gasteiger partial charge in [-0.15, -0.1) is 0 Å². The molecule has 1 amide bonds. The Morgan fingerprint density at radius 2 is 2.13 bits per heavy atom. The van der Waals surface area contributed by atoms with Crippen LogP contribution in [0.2, 0.25) is 0 Å². The number of rotatable bonds is 3. The van der Waals surface area contributed by atoms with E-state index in [9.17, 15) is 4.79 Å². The lowest BCUT2D eigenvalue weighted by molar-refractivity contribution is -0.130. The van der Waals surface area contributed by atoms with E-state index in [2.05, 4.69) is 22.0 Å². The average molecular weight is 314 g/mol. The normalized spacial score (nSPS) is 15.6. The number of nitrogens with zero attached hydrogens (tertiary/aromatic N) is 4. The molecule has 23 heavy (non-hydrogen) atoms. The van der Waals surface area contributed by atoms with Gasteiger partial charge in [-0.1, -0.05) is 5.16 Å². The molecule has 0 atom stereocenters. The quantitative estimate of drug-likeness (QED) is 0.867. The molecule has 122 valence electrons. The SMILES string of the molecule is Cc1cc(CC(=O)N2CCCN(c3ccncc3C)CC2)on1. The lowest BCUT2D eigenvalue weighted by atomic mass is 10.2. The van der Waals surface area contributed by atoms with Gasteiger partial charge in [-0.3, -0.25) is 9.78 Å². The molecule has 0 bridgehead atoms. The molecule has 3 heterocycles. The molecular weight excluding hydrogens is 292 g/mol. The first-order valence-corrected chi connectivity index (χ1v) is 7.99. The highest BCUT2D eigenvalue weighted by atomic mass is 16.5. The minimum absolute atomic E-state index is 0.106. The second-order valence-corrected chi connectivity index (χ2v) is 5.99. The van der Waals surface area contributed by atoms with Crippen LogP contribution in [-0.2, 0) is 11.2 Å². The molecule has 6 heteroatoms. The van der Waals surface area contributed by atoms with Crippen LogP contribution in [0.3, 0.4) is 0 Å². The molecule has 1 aliphatic rings. The van der Waals surface area contributed by atoms with Crippen molar-refractivity contribution in [1.82, 2.24) is 15.0 Å². The summed E-state index contributed by atoms with van der Waals surface area (Å²) in [5.41, 5.74) is 3.19. The van der Waals surface area contributed by atoms with Gasteiger partial charge in [-0.25, -0.2) is 0 Å². The molecule has 0 spiro atoms. The molecule has 2 aromatic rings. The lowest BCUT2D eigenvalue weighted by Crippen LogP contribution is -2.36. The van der Waals surface area contributed by atoms with Gasteiger partial charge >= 0.3 is 0 Å². The fourth-order valence-corrected chi connectivity index (χ4v) is 2.99. The third kappa shape index (κ3) is 3.70. The summed E-state index contributed by atoms with van der Waals surface area (Å²) in [4.78, 5) is 20.9. The summed E-state index contributed by atoms with van der Waals surface area (Å²) < 4.78 is 5.15. The Bertz CT molecular complexity index is 683. The first-order valence-electron chi connectivity index (χ1n) is 7.99. The number of pyridine rings is 1. The van der Waals surface area contributed by atoms with Crippen molar-refractivity contribution in [2.75, 3.05) is 31.1 Å². The van der Waals surface area contributed by atoms with E-state index in [0.717, 1.165) is 38.3 Å². The van der Waals surface area contributed by atoms with Crippen molar-refractivity contribution >= 4 is 11.6 Å². The summed E-state index contributed by atoms with van der Waals surface area (Å²) >= 11 is 0. The predicted molar refractivity (Wildman–Crippen MR) is 87.3 cm³/mol. The maximum absolute atomic E-state index is 12.4. The molecule has 1 saturated heterocycles. The second-order valence-electron chi connectivity index (χ2n) is 5.99. The zero-order valence-corrected chi connectivity index (χ0v) is 13.7. The lowest BCUT2D eigenvalue weighted by Gasteiger charge is -2.24. The summed E-state index contributed by atoms with van der Waals surface area (Å²) in [6.07, 6.45) is 4.95. The van der Waals surface area contributed by atoms with Crippen molar-refractivity contribution in [3.63, 3.8) is 0 Å². The van der Waals surface area contributed by atoms with Gasteiger partial charge in [0, 0.05) is 50.3 Å². The van der Waals surface area contributed by atoms with E-state index in [1.54, 1.807) is 0 Å². The Labute approximate surface area is 136 Å². The van der Waals surface area contributed by atoms with Crippen LogP contribution in [0.5, 0.6) is 0 Å². The van der Waals surface area contributed by atoms with Gasteiger partial charge in [-0.2, -0.15) is 0 Å². The van der Waals surface area contributed by atoms with Crippen LogP contribution in [-0.4, -0.2) is 47.1 Å². The summed E-state index contributed by atoms with van der Waals surface area (Å²) in [6.45, 7) is 7.24. The number of amides is 1. The summed E-state index contributed by atoms with van der Waals surface area (Å²) in [5, 5.41) is 3.83. The Hall–Kier alpha value is -2.37. The molecule has 0 unspecified atom stereocenters. The highest BCUT2D eigenvalue weighted by Gasteiger charge is 2.21. The topological polar surface area (TPSA) is 62.5 Å². The molecule has 0 saturated carbocycles. The number of carbonyl (C=O) groups excluding carboxylic acids is 1. The molecule has 6 nitrogen and oxygen atoms in total. The van der Waals surface area contributed by atoms with Crippen molar-refractivity contribution in [1.29, 1.82) is 0 Å². The van der Waals surface area contributed by atoms with Crippen LogP contribution in [0, 0.1) is 13.8 Å². The predicted octanol–water partition coefficient (Wildman–Crippen LogP) is 1.97. The van der Waals surface area contributed by atoms with Gasteiger partial charge in [0.25, 0.3) is 0 Å². The highest BCUT2D eigenvalue weighted by Crippen LogP contribution is 2.20. The van der Waals surface area contributed by atoms with Gasteiger partial charge in [0.15, 0.2) is 0 Å². The van der Waals surface area contributed by atoms with Crippen molar-refractivity contribution in [3.05, 3.63) is 41.5 Å².